The number of hydrogen-bond acceptors (Lipinski definition) is 6. The maximum atomic E-state index is 12.9. The van der Waals surface area contributed by atoms with Gasteiger partial charge in [0.2, 0.25) is 11.8 Å². The minimum absolute atomic E-state index is 0.0643. The lowest BCUT2D eigenvalue weighted by molar-refractivity contribution is -0.148. The molecule has 0 radical (unpaired) electrons. The molecule has 0 spiro atoms. The van der Waals surface area contributed by atoms with Gasteiger partial charge in [-0.15, -0.1) is 0 Å². The molecule has 3 rings (SSSR count). The maximum absolute atomic E-state index is 12.9. The molecule has 1 atom stereocenters. The summed E-state index contributed by atoms with van der Waals surface area (Å²) in [4.78, 5) is 53.3. The van der Waals surface area contributed by atoms with Crippen molar-refractivity contribution in [2.75, 3.05) is 38.6 Å². The Morgan fingerprint density at radius 3 is 2.66 bits per heavy atom. The van der Waals surface area contributed by atoms with E-state index in [4.69, 9.17) is 4.74 Å². The van der Waals surface area contributed by atoms with Crippen molar-refractivity contribution in [3.8, 4) is 0 Å². The highest BCUT2D eigenvalue weighted by Crippen LogP contribution is 2.15. The zero-order valence-electron chi connectivity index (χ0n) is 20.2. The van der Waals surface area contributed by atoms with Crippen molar-refractivity contribution in [3.05, 3.63) is 65.7 Å². The molecule has 2 aromatic carbocycles. The summed E-state index contributed by atoms with van der Waals surface area (Å²) in [7, 11) is 1.73. The van der Waals surface area contributed by atoms with E-state index in [-0.39, 0.29) is 30.7 Å². The minimum Gasteiger partial charge on any atom is -0.466 e. The SMILES string of the molecule is CCCOC(=O)CC1C(=O)NCCN1CC(=O)Nc1cccc(C(=O)N(C)Cc2ccccc2)c1. The van der Waals surface area contributed by atoms with Crippen LogP contribution in [0.5, 0.6) is 0 Å². The van der Waals surface area contributed by atoms with Crippen LogP contribution in [0.3, 0.4) is 0 Å². The molecule has 9 nitrogen and oxygen atoms in total. The number of carbonyl (C=O) groups is 4. The molecule has 1 unspecified atom stereocenters. The van der Waals surface area contributed by atoms with E-state index >= 15 is 0 Å². The first-order valence-corrected chi connectivity index (χ1v) is 11.7. The Bertz CT molecular complexity index is 1040. The number of nitrogens with zero attached hydrogens (tertiary/aromatic N) is 2. The van der Waals surface area contributed by atoms with Gasteiger partial charge in [-0.3, -0.25) is 24.1 Å². The Morgan fingerprint density at radius 2 is 1.91 bits per heavy atom. The van der Waals surface area contributed by atoms with Crippen molar-refractivity contribution in [2.45, 2.75) is 32.4 Å². The first-order chi connectivity index (χ1) is 16.9. The van der Waals surface area contributed by atoms with Gasteiger partial charge >= 0.3 is 5.97 Å². The molecule has 0 bridgehead atoms. The Morgan fingerprint density at radius 1 is 1.14 bits per heavy atom. The lowest BCUT2D eigenvalue weighted by Crippen LogP contribution is -2.57. The largest absolute Gasteiger partial charge is 0.466 e. The van der Waals surface area contributed by atoms with E-state index in [2.05, 4.69) is 10.6 Å². The van der Waals surface area contributed by atoms with Gasteiger partial charge in [0.15, 0.2) is 0 Å². The number of benzene rings is 2. The molecular weight excluding hydrogens is 448 g/mol. The predicted molar refractivity (Wildman–Crippen MR) is 132 cm³/mol. The molecule has 0 aromatic heterocycles. The highest BCUT2D eigenvalue weighted by molar-refractivity contribution is 5.98. The molecule has 1 saturated heterocycles. The molecule has 186 valence electrons. The van der Waals surface area contributed by atoms with Gasteiger partial charge in [-0.25, -0.2) is 0 Å². The maximum Gasteiger partial charge on any atom is 0.307 e. The van der Waals surface area contributed by atoms with E-state index in [9.17, 15) is 19.2 Å². The average molecular weight is 481 g/mol. The van der Waals surface area contributed by atoms with Crippen molar-refractivity contribution in [1.29, 1.82) is 0 Å². The number of esters is 1. The Kier molecular flexibility index (Phi) is 9.37. The predicted octanol–water partition coefficient (Wildman–Crippen LogP) is 2.04. The summed E-state index contributed by atoms with van der Waals surface area (Å²) in [6.45, 7) is 3.42. The summed E-state index contributed by atoms with van der Waals surface area (Å²) < 4.78 is 5.10. The normalized spacial score (nSPS) is 15.7. The molecule has 35 heavy (non-hydrogen) atoms. The molecular formula is C26H32N4O5. The van der Waals surface area contributed by atoms with Gasteiger partial charge in [0.1, 0.15) is 6.04 Å². The number of nitrogens with one attached hydrogen (secondary N) is 2. The average Bonchev–Trinajstić information content (AvgIpc) is 2.85. The van der Waals surface area contributed by atoms with Crippen LogP contribution in [-0.2, 0) is 25.7 Å². The smallest absolute Gasteiger partial charge is 0.307 e. The van der Waals surface area contributed by atoms with Gasteiger partial charge in [-0.1, -0.05) is 43.3 Å². The molecule has 3 amide bonds. The van der Waals surface area contributed by atoms with Crippen molar-refractivity contribution < 1.29 is 23.9 Å². The van der Waals surface area contributed by atoms with Crippen molar-refractivity contribution in [2.24, 2.45) is 0 Å². The lowest BCUT2D eigenvalue weighted by Gasteiger charge is -2.33. The summed E-state index contributed by atoms with van der Waals surface area (Å²) in [5.41, 5.74) is 1.95. The number of rotatable bonds is 10. The Hall–Kier alpha value is -3.72. The van der Waals surface area contributed by atoms with Crippen LogP contribution in [-0.4, -0.2) is 72.8 Å². The third-order valence-electron chi connectivity index (χ3n) is 5.62. The second-order valence-corrected chi connectivity index (χ2v) is 8.48. The number of piperazine rings is 1. The standard InChI is InChI=1S/C26H32N4O5/c1-3-14-35-24(32)16-22-25(33)27-12-13-30(22)18-23(31)28-21-11-7-10-20(15-21)26(34)29(2)17-19-8-5-4-6-9-19/h4-11,15,22H,3,12-14,16-18H2,1-2H3,(H,27,33)(H,28,31). The quantitative estimate of drug-likeness (QED) is 0.504. The van der Waals surface area contributed by atoms with Gasteiger partial charge in [0.25, 0.3) is 5.91 Å². The lowest BCUT2D eigenvalue weighted by atomic mass is 10.1. The zero-order valence-corrected chi connectivity index (χ0v) is 20.2. The Labute approximate surface area is 205 Å². The van der Waals surface area contributed by atoms with Crippen LogP contribution in [0.25, 0.3) is 0 Å². The minimum atomic E-state index is -0.765. The van der Waals surface area contributed by atoms with E-state index in [1.165, 1.54) is 0 Å². The summed E-state index contributed by atoms with van der Waals surface area (Å²) in [5, 5.41) is 5.53. The number of ether oxygens (including phenoxy) is 1. The summed E-state index contributed by atoms with van der Waals surface area (Å²) in [5.74, 6) is -1.27. The second kappa shape index (κ2) is 12.7. The van der Waals surface area contributed by atoms with E-state index in [1.54, 1.807) is 41.1 Å². The summed E-state index contributed by atoms with van der Waals surface area (Å²) >= 11 is 0. The van der Waals surface area contributed by atoms with E-state index in [0.29, 0.717) is 43.9 Å². The van der Waals surface area contributed by atoms with Gasteiger partial charge < -0.3 is 20.3 Å². The van der Waals surface area contributed by atoms with Crippen LogP contribution in [0.1, 0.15) is 35.7 Å². The van der Waals surface area contributed by atoms with E-state index in [1.807, 2.05) is 37.3 Å². The Balaban J connectivity index is 1.60. The highest BCUT2D eigenvalue weighted by Gasteiger charge is 2.33. The van der Waals surface area contributed by atoms with Crippen LogP contribution in [0.4, 0.5) is 5.69 Å². The number of amides is 3. The molecule has 1 heterocycles. The van der Waals surface area contributed by atoms with Crippen LogP contribution >= 0.6 is 0 Å². The first kappa shape index (κ1) is 25.9. The molecule has 1 fully saturated rings. The monoisotopic (exact) mass is 480 g/mol. The fourth-order valence-corrected chi connectivity index (χ4v) is 3.87. The molecule has 2 N–H and O–H groups in total. The molecule has 1 aliphatic rings. The topological polar surface area (TPSA) is 108 Å². The van der Waals surface area contributed by atoms with Gasteiger partial charge in [-0.2, -0.15) is 0 Å². The van der Waals surface area contributed by atoms with Crippen molar-refractivity contribution >= 4 is 29.4 Å². The molecule has 9 heteroatoms. The van der Waals surface area contributed by atoms with Crippen LogP contribution < -0.4 is 10.6 Å². The molecule has 0 aliphatic carbocycles. The summed E-state index contributed by atoms with van der Waals surface area (Å²) in [6.07, 6.45) is 0.579. The van der Waals surface area contributed by atoms with Crippen LogP contribution in [0.2, 0.25) is 0 Å². The zero-order chi connectivity index (χ0) is 25.2. The van der Waals surface area contributed by atoms with Gasteiger partial charge in [0.05, 0.1) is 19.6 Å². The van der Waals surface area contributed by atoms with Crippen LogP contribution in [0, 0.1) is 0 Å². The molecule has 0 saturated carbocycles. The summed E-state index contributed by atoms with van der Waals surface area (Å²) in [6, 6.07) is 15.7. The van der Waals surface area contributed by atoms with Crippen molar-refractivity contribution in [3.63, 3.8) is 0 Å². The van der Waals surface area contributed by atoms with E-state index in [0.717, 1.165) is 5.56 Å². The third kappa shape index (κ3) is 7.65. The van der Waals surface area contributed by atoms with Gasteiger partial charge in [0, 0.05) is 37.9 Å². The number of hydrogen-bond donors (Lipinski definition) is 2. The third-order valence-corrected chi connectivity index (χ3v) is 5.62. The van der Waals surface area contributed by atoms with Crippen molar-refractivity contribution in [1.82, 2.24) is 15.1 Å². The molecule has 2 aromatic rings. The fraction of sp³-hybridized carbons (Fsp3) is 0.385. The molecule has 1 aliphatic heterocycles. The first-order valence-electron chi connectivity index (χ1n) is 11.7. The van der Waals surface area contributed by atoms with Gasteiger partial charge in [-0.05, 0) is 30.2 Å². The highest BCUT2D eigenvalue weighted by atomic mass is 16.5. The van der Waals surface area contributed by atoms with E-state index < -0.39 is 12.0 Å². The number of anilines is 1. The fourth-order valence-electron chi connectivity index (χ4n) is 3.87. The second-order valence-electron chi connectivity index (χ2n) is 8.48. The van der Waals surface area contributed by atoms with Crippen LogP contribution in [0.15, 0.2) is 54.6 Å². The number of carbonyl (C=O) groups excluding carboxylic acids is 4.